The highest BCUT2D eigenvalue weighted by atomic mass is 15.1. The summed E-state index contributed by atoms with van der Waals surface area (Å²) in [7, 11) is 0. The van der Waals surface area contributed by atoms with Gasteiger partial charge in [0.05, 0.1) is 0 Å². The molecule has 0 atom stereocenters. The maximum atomic E-state index is 3.63. The number of nitrogens with one attached hydrogen (secondary N) is 1. The van der Waals surface area contributed by atoms with Crippen LogP contribution >= 0.6 is 0 Å². The molecule has 0 aromatic carbocycles. The minimum absolute atomic E-state index is 0.592. The van der Waals surface area contributed by atoms with Crippen molar-refractivity contribution in [1.29, 1.82) is 0 Å². The average molecular weight is 280 g/mol. The van der Waals surface area contributed by atoms with Crippen LogP contribution in [0.1, 0.15) is 72.1 Å². The van der Waals surface area contributed by atoms with E-state index in [9.17, 15) is 0 Å². The summed E-state index contributed by atoms with van der Waals surface area (Å²) in [6.07, 6.45) is 11.4. The Balaban J connectivity index is 1.86. The molecule has 2 rings (SSSR count). The zero-order chi connectivity index (χ0) is 14.5. The quantitative estimate of drug-likeness (QED) is 0.756. The van der Waals surface area contributed by atoms with Gasteiger partial charge in [-0.3, -0.25) is 0 Å². The van der Waals surface area contributed by atoms with Gasteiger partial charge in [-0.2, -0.15) is 0 Å². The second-order valence-electron chi connectivity index (χ2n) is 7.47. The van der Waals surface area contributed by atoms with Crippen molar-refractivity contribution in [2.45, 2.75) is 72.1 Å². The molecule has 2 nitrogen and oxygen atoms in total. The van der Waals surface area contributed by atoms with E-state index in [0.29, 0.717) is 10.8 Å². The lowest BCUT2D eigenvalue weighted by Crippen LogP contribution is -2.47. The van der Waals surface area contributed by atoms with Crippen LogP contribution in [-0.2, 0) is 0 Å². The summed E-state index contributed by atoms with van der Waals surface area (Å²) >= 11 is 0. The molecule has 0 aromatic heterocycles. The van der Waals surface area contributed by atoms with Crippen LogP contribution in [0.3, 0.4) is 0 Å². The van der Waals surface area contributed by atoms with Gasteiger partial charge in [-0.1, -0.05) is 46.5 Å². The Morgan fingerprint density at radius 3 is 1.95 bits per heavy atom. The third-order valence-electron chi connectivity index (χ3n) is 6.39. The SMILES string of the molecule is CCNCC1(CN2CCC(CC)(CC)CC2)CCCC1. The summed E-state index contributed by atoms with van der Waals surface area (Å²) in [5.41, 5.74) is 1.26. The zero-order valence-corrected chi connectivity index (χ0v) is 14.1. The molecule has 1 saturated heterocycles. The molecule has 118 valence electrons. The first-order chi connectivity index (χ1) is 9.67. The number of nitrogens with zero attached hydrogens (tertiary/aromatic N) is 1. The number of piperidine rings is 1. The van der Waals surface area contributed by atoms with Gasteiger partial charge in [0.1, 0.15) is 0 Å². The van der Waals surface area contributed by atoms with Crippen LogP contribution in [0.4, 0.5) is 0 Å². The van der Waals surface area contributed by atoms with Crippen LogP contribution in [0.2, 0.25) is 0 Å². The smallest absolute Gasteiger partial charge is 0.00501 e. The van der Waals surface area contributed by atoms with E-state index in [1.54, 1.807) is 0 Å². The normalized spacial score (nSPS) is 25.9. The molecule has 2 heteroatoms. The molecular weight excluding hydrogens is 244 g/mol. The van der Waals surface area contributed by atoms with Gasteiger partial charge in [0, 0.05) is 13.1 Å². The molecule has 2 fully saturated rings. The maximum absolute atomic E-state index is 3.63. The lowest BCUT2D eigenvalue weighted by atomic mass is 9.73. The first kappa shape index (κ1) is 16.3. The predicted octanol–water partition coefficient (Wildman–Crippen LogP) is 4.06. The second kappa shape index (κ2) is 7.26. The van der Waals surface area contributed by atoms with Crippen LogP contribution in [0.5, 0.6) is 0 Å². The number of rotatable bonds is 7. The van der Waals surface area contributed by atoms with E-state index in [-0.39, 0.29) is 0 Å². The van der Waals surface area contributed by atoms with Crippen molar-refractivity contribution in [3.8, 4) is 0 Å². The summed E-state index contributed by atoms with van der Waals surface area (Å²) in [6.45, 7) is 13.4. The number of likely N-dealkylation sites (tertiary alicyclic amines) is 1. The van der Waals surface area contributed by atoms with Crippen molar-refractivity contribution < 1.29 is 0 Å². The lowest BCUT2D eigenvalue weighted by Gasteiger charge is -2.44. The maximum Gasteiger partial charge on any atom is 0.00501 e. The molecule has 1 aliphatic heterocycles. The summed E-state index contributed by atoms with van der Waals surface area (Å²) in [6, 6.07) is 0. The van der Waals surface area contributed by atoms with E-state index < -0.39 is 0 Å². The van der Waals surface area contributed by atoms with Crippen molar-refractivity contribution in [3.63, 3.8) is 0 Å². The Hall–Kier alpha value is -0.0800. The van der Waals surface area contributed by atoms with Gasteiger partial charge in [-0.05, 0) is 56.1 Å². The monoisotopic (exact) mass is 280 g/mol. The molecule has 2 aliphatic rings. The topological polar surface area (TPSA) is 15.3 Å². The zero-order valence-electron chi connectivity index (χ0n) is 14.1. The summed E-state index contributed by atoms with van der Waals surface area (Å²) in [4.78, 5) is 2.78. The highest BCUT2D eigenvalue weighted by Crippen LogP contribution is 2.42. The standard InChI is InChI=1S/C18H36N2/c1-4-17(5-2)11-13-20(14-12-17)16-18(15-19-6-3)9-7-8-10-18/h19H,4-16H2,1-3H3. The minimum atomic E-state index is 0.592. The average Bonchev–Trinajstić information content (AvgIpc) is 2.95. The largest absolute Gasteiger partial charge is 0.316 e. The van der Waals surface area contributed by atoms with Crippen molar-refractivity contribution in [2.75, 3.05) is 32.7 Å². The summed E-state index contributed by atoms with van der Waals surface area (Å²) in [5.74, 6) is 0. The fraction of sp³-hybridized carbons (Fsp3) is 1.00. The first-order valence-electron chi connectivity index (χ1n) is 9.11. The third kappa shape index (κ3) is 3.76. The highest BCUT2D eigenvalue weighted by molar-refractivity contribution is 4.92. The van der Waals surface area contributed by atoms with Crippen LogP contribution in [0, 0.1) is 10.8 Å². The molecule has 0 aromatic rings. The second-order valence-corrected chi connectivity index (χ2v) is 7.47. The molecule has 0 bridgehead atoms. The Morgan fingerprint density at radius 2 is 1.45 bits per heavy atom. The summed E-state index contributed by atoms with van der Waals surface area (Å²) < 4.78 is 0. The van der Waals surface area contributed by atoms with Crippen molar-refractivity contribution in [1.82, 2.24) is 10.2 Å². The van der Waals surface area contributed by atoms with Gasteiger partial charge in [0.15, 0.2) is 0 Å². The molecular formula is C18H36N2. The van der Waals surface area contributed by atoms with Crippen molar-refractivity contribution in [3.05, 3.63) is 0 Å². The molecule has 0 amide bonds. The highest BCUT2D eigenvalue weighted by Gasteiger charge is 2.38. The minimum Gasteiger partial charge on any atom is -0.316 e. The van der Waals surface area contributed by atoms with E-state index in [1.807, 2.05) is 0 Å². The van der Waals surface area contributed by atoms with Gasteiger partial charge in [-0.15, -0.1) is 0 Å². The van der Waals surface area contributed by atoms with Crippen molar-refractivity contribution in [2.24, 2.45) is 10.8 Å². The van der Waals surface area contributed by atoms with E-state index in [4.69, 9.17) is 0 Å². The molecule has 1 aliphatic carbocycles. The van der Waals surface area contributed by atoms with Crippen LogP contribution < -0.4 is 5.32 Å². The predicted molar refractivity (Wildman–Crippen MR) is 88.1 cm³/mol. The van der Waals surface area contributed by atoms with Gasteiger partial charge in [-0.25, -0.2) is 0 Å². The molecule has 1 N–H and O–H groups in total. The van der Waals surface area contributed by atoms with Crippen LogP contribution in [0.15, 0.2) is 0 Å². The lowest BCUT2D eigenvalue weighted by molar-refractivity contribution is 0.0608. The molecule has 0 spiro atoms. The van der Waals surface area contributed by atoms with Crippen LogP contribution in [0.25, 0.3) is 0 Å². The molecule has 1 saturated carbocycles. The van der Waals surface area contributed by atoms with Gasteiger partial charge < -0.3 is 10.2 Å². The fourth-order valence-electron chi connectivity index (χ4n) is 4.52. The number of hydrogen-bond donors (Lipinski definition) is 1. The Labute approximate surface area is 126 Å². The Bertz CT molecular complexity index is 267. The molecule has 1 heterocycles. The first-order valence-corrected chi connectivity index (χ1v) is 9.11. The van der Waals surface area contributed by atoms with E-state index in [0.717, 1.165) is 6.54 Å². The van der Waals surface area contributed by atoms with Gasteiger partial charge in [0.25, 0.3) is 0 Å². The van der Waals surface area contributed by atoms with E-state index in [1.165, 1.54) is 77.5 Å². The Kier molecular flexibility index (Phi) is 5.92. The van der Waals surface area contributed by atoms with Gasteiger partial charge in [0.2, 0.25) is 0 Å². The number of hydrogen-bond acceptors (Lipinski definition) is 2. The fourth-order valence-corrected chi connectivity index (χ4v) is 4.52. The van der Waals surface area contributed by atoms with Gasteiger partial charge >= 0.3 is 0 Å². The molecule has 20 heavy (non-hydrogen) atoms. The van der Waals surface area contributed by atoms with Crippen LogP contribution in [-0.4, -0.2) is 37.6 Å². The van der Waals surface area contributed by atoms with E-state index >= 15 is 0 Å². The Morgan fingerprint density at radius 1 is 0.850 bits per heavy atom. The molecule has 0 unspecified atom stereocenters. The van der Waals surface area contributed by atoms with E-state index in [2.05, 4.69) is 31.0 Å². The third-order valence-corrected chi connectivity index (χ3v) is 6.39. The summed E-state index contributed by atoms with van der Waals surface area (Å²) in [5, 5.41) is 3.63. The van der Waals surface area contributed by atoms with Crippen molar-refractivity contribution >= 4 is 0 Å². The molecule has 0 radical (unpaired) electrons.